The molecule has 0 spiro atoms. The first-order chi connectivity index (χ1) is 27.1. The maximum Gasteiger partial charge on any atom is 0.413 e. The molecule has 0 bridgehead atoms. The maximum atomic E-state index is 14.4. The molecule has 6 rings (SSSR count). The number of primary amides is 1. The summed E-state index contributed by atoms with van der Waals surface area (Å²) in [6, 6.07) is 8.69. The lowest BCUT2D eigenvalue weighted by molar-refractivity contribution is -0.148. The van der Waals surface area contributed by atoms with Gasteiger partial charge >= 0.3 is 12.1 Å². The lowest BCUT2D eigenvalue weighted by atomic mass is 9.58. The zero-order valence-electron chi connectivity index (χ0n) is 32.9. The number of aromatic hydroxyl groups is 1. The number of anilines is 2. The van der Waals surface area contributed by atoms with Crippen LogP contribution in [0.5, 0.6) is 5.75 Å². The number of aliphatic hydroxyl groups is 3. The average Bonchev–Trinajstić information content (AvgIpc) is 3.57. The first kappa shape index (κ1) is 41.2. The summed E-state index contributed by atoms with van der Waals surface area (Å²) in [7, 11) is 6.41. The third kappa shape index (κ3) is 6.87. The Morgan fingerprint density at radius 1 is 1.02 bits per heavy atom. The molecule has 0 saturated heterocycles. The molecule has 18 nitrogen and oxygen atoms in total. The van der Waals surface area contributed by atoms with Crippen molar-refractivity contribution >= 4 is 57.8 Å². The van der Waals surface area contributed by atoms with Crippen LogP contribution < -0.4 is 16.0 Å². The minimum atomic E-state index is -2.83. The van der Waals surface area contributed by atoms with Crippen molar-refractivity contribution in [3.05, 3.63) is 75.9 Å². The second-order valence-corrected chi connectivity index (χ2v) is 15.9. The third-order valence-electron chi connectivity index (χ3n) is 10.8. The lowest BCUT2D eigenvalue weighted by Crippen LogP contribution is -2.63. The van der Waals surface area contributed by atoms with E-state index in [-0.39, 0.29) is 35.4 Å². The van der Waals surface area contributed by atoms with Gasteiger partial charge in [0.2, 0.25) is 24.2 Å². The van der Waals surface area contributed by atoms with Gasteiger partial charge in [-0.25, -0.2) is 9.59 Å². The number of aliphatic hydroxyl groups excluding tert-OH is 2. The van der Waals surface area contributed by atoms with E-state index in [9.17, 15) is 49.2 Å². The van der Waals surface area contributed by atoms with Crippen LogP contribution in [-0.2, 0) is 30.3 Å². The van der Waals surface area contributed by atoms with Crippen LogP contribution in [0.2, 0.25) is 0 Å². The molecule has 2 aromatic carbocycles. The number of hydrogen-bond acceptors (Lipinski definition) is 15. The Hall–Kier alpha value is -6.40. The number of amides is 3. The molecule has 3 aliphatic rings. The highest BCUT2D eigenvalue weighted by atomic mass is 16.7. The number of ether oxygens (including phenoxy) is 2. The summed E-state index contributed by atoms with van der Waals surface area (Å²) in [6.07, 6.45) is -1.10. The largest absolute Gasteiger partial charge is 0.510 e. The van der Waals surface area contributed by atoms with Gasteiger partial charge in [-0.1, -0.05) is 18.2 Å². The quantitative estimate of drug-likeness (QED) is 0.0786. The number of ketones is 2. The Bertz CT molecular complexity index is 2300. The first-order valence-electron chi connectivity index (χ1n) is 18.2. The van der Waals surface area contributed by atoms with Crippen LogP contribution in [0.1, 0.15) is 53.7 Å². The molecule has 3 aromatic rings. The van der Waals surface area contributed by atoms with Crippen molar-refractivity contribution in [2.45, 2.75) is 50.8 Å². The van der Waals surface area contributed by atoms with Crippen molar-refractivity contribution in [1.29, 1.82) is 0 Å². The average molecular weight is 804 g/mol. The molecule has 58 heavy (non-hydrogen) atoms. The Kier molecular flexibility index (Phi) is 10.5. The van der Waals surface area contributed by atoms with Gasteiger partial charge in [0, 0.05) is 42.2 Å². The number of nitrogens with two attached hydrogens (primary N) is 1. The number of allylic oxidation sites excluding steroid dienone is 1. The second kappa shape index (κ2) is 14.8. The number of carbonyl (C=O) groups is 6. The van der Waals surface area contributed by atoms with E-state index < -0.39 is 101 Å². The number of furan rings is 1. The zero-order valence-corrected chi connectivity index (χ0v) is 32.9. The monoisotopic (exact) mass is 803 g/mol. The van der Waals surface area contributed by atoms with Gasteiger partial charge in [0.1, 0.15) is 29.2 Å². The molecular weight excluding hydrogens is 758 g/mol. The molecule has 0 radical (unpaired) electrons. The third-order valence-corrected chi connectivity index (χ3v) is 10.8. The molecule has 1 heterocycles. The van der Waals surface area contributed by atoms with Crippen LogP contribution in [0.15, 0.2) is 63.5 Å². The van der Waals surface area contributed by atoms with Crippen molar-refractivity contribution < 1.29 is 63.1 Å². The van der Waals surface area contributed by atoms with Crippen LogP contribution in [0.3, 0.4) is 0 Å². The Morgan fingerprint density at radius 3 is 2.29 bits per heavy atom. The fraction of sp³-hybridized carbons (Fsp3) is 0.400. The normalized spacial score (nSPS) is 21.6. The SMILES string of the molecule is CN(C)c1cc(NC(=O)CN(C(=O)OCOC(=O)c2cc3ccccc3o2)C(C)(C)C)c(O)c2c1C[C@H]1C[C@H]3[C@H](N(C)C)C(O)=C(C(N)=O)C(=O)[C@@]3(O)C(O)=C1C2=O. The highest BCUT2D eigenvalue weighted by Crippen LogP contribution is 2.54. The second-order valence-electron chi connectivity index (χ2n) is 15.9. The Labute approximate surface area is 332 Å². The molecule has 3 amide bonds. The van der Waals surface area contributed by atoms with Crippen molar-refractivity contribution in [2.24, 2.45) is 17.6 Å². The number of Topliss-reactive ketones (excluding diaryl/α,β-unsaturated/α-hetero) is 2. The predicted octanol–water partition coefficient (Wildman–Crippen LogP) is 2.92. The van der Waals surface area contributed by atoms with Crippen molar-refractivity contribution in [2.75, 3.05) is 51.7 Å². The standard InChI is InChI=1S/C40H45N5O13/c1-39(2,3)45(38(54)57-17-56-37(53)25-14-18-10-8-9-11-24(18)58-25)16-26(46)42-22-15-23(43(4)5)20-12-19-13-21-30(44(6)7)33(49)29(36(41)52)35(51)40(21,55)34(50)27(19)32(48)28(20)31(22)47/h8-11,14-15,19,21,30,47,49-50,55H,12-13,16-17H2,1-7H3,(H2,41,52)(H,42,46)/t19-,21-,30-,40-/m0/s1. The summed E-state index contributed by atoms with van der Waals surface area (Å²) >= 11 is 0. The highest BCUT2D eigenvalue weighted by Gasteiger charge is 2.63. The number of benzene rings is 2. The Balaban J connectivity index is 1.26. The van der Waals surface area contributed by atoms with Gasteiger partial charge in [0.15, 0.2) is 17.1 Å². The number of phenols is 1. The molecular formula is C40H45N5O13. The summed E-state index contributed by atoms with van der Waals surface area (Å²) in [4.78, 5) is 83.8. The molecule has 0 fully saturated rings. The molecule has 7 N–H and O–H groups in total. The van der Waals surface area contributed by atoms with Gasteiger partial charge in [-0.15, -0.1) is 0 Å². The number of hydrogen-bond donors (Lipinski definition) is 6. The van der Waals surface area contributed by atoms with E-state index in [4.69, 9.17) is 19.6 Å². The number of phenolic OH excluding ortho intramolecular Hbond substituents is 1. The van der Waals surface area contributed by atoms with Crippen molar-refractivity contribution in [1.82, 2.24) is 9.80 Å². The number of carbonyl (C=O) groups excluding carboxylic acids is 6. The summed E-state index contributed by atoms with van der Waals surface area (Å²) < 4.78 is 15.7. The molecule has 0 aliphatic heterocycles. The number of fused-ring (bicyclic) bond motifs is 4. The molecule has 18 heteroatoms. The summed E-state index contributed by atoms with van der Waals surface area (Å²) in [5.41, 5.74) is 0.936. The van der Waals surface area contributed by atoms with E-state index in [1.165, 1.54) is 31.1 Å². The summed E-state index contributed by atoms with van der Waals surface area (Å²) in [6.45, 7) is 3.46. The van der Waals surface area contributed by atoms with Crippen LogP contribution in [-0.4, -0.2) is 124 Å². The molecule has 0 saturated carbocycles. The van der Waals surface area contributed by atoms with Crippen molar-refractivity contribution in [3.8, 4) is 5.75 Å². The topological polar surface area (TPSA) is 263 Å². The number of esters is 1. The number of likely N-dealkylation sites (N-methyl/N-ethyl adjacent to an activating group) is 1. The van der Waals surface area contributed by atoms with Crippen LogP contribution in [0.25, 0.3) is 11.0 Å². The fourth-order valence-corrected chi connectivity index (χ4v) is 8.07. The maximum absolute atomic E-state index is 14.4. The van der Waals surface area contributed by atoms with E-state index in [2.05, 4.69) is 5.32 Å². The molecule has 3 aliphatic carbocycles. The van der Waals surface area contributed by atoms with Crippen molar-refractivity contribution in [3.63, 3.8) is 0 Å². The van der Waals surface area contributed by atoms with Gasteiger partial charge in [0.25, 0.3) is 5.91 Å². The van der Waals surface area contributed by atoms with Crippen LogP contribution >= 0.6 is 0 Å². The Morgan fingerprint density at radius 2 is 1.69 bits per heavy atom. The van der Waals surface area contributed by atoms with Gasteiger partial charge < -0.3 is 50.3 Å². The van der Waals surface area contributed by atoms with Crippen LogP contribution in [0.4, 0.5) is 16.2 Å². The van der Waals surface area contributed by atoms with E-state index in [1.807, 2.05) is 0 Å². The minimum absolute atomic E-state index is 0.0222. The molecule has 308 valence electrons. The molecule has 1 aromatic heterocycles. The smallest absolute Gasteiger partial charge is 0.413 e. The van der Waals surface area contributed by atoms with Gasteiger partial charge in [0.05, 0.1) is 17.3 Å². The van der Waals surface area contributed by atoms with Gasteiger partial charge in [-0.05, 0) is 77.4 Å². The minimum Gasteiger partial charge on any atom is -0.510 e. The molecule has 4 atom stereocenters. The summed E-state index contributed by atoms with van der Waals surface area (Å²) in [5, 5.41) is 49.4. The van der Waals surface area contributed by atoms with E-state index in [1.54, 1.807) is 64.0 Å². The van der Waals surface area contributed by atoms with Gasteiger partial charge in [-0.2, -0.15) is 0 Å². The lowest BCUT2D eigenvalue weighted by Gasteiger charge is -2.50. The fourth-order valence-electron chi connectivity index (χ4n) is 8.07. The van der Waals surface area contributed by atoms with E-state index >= 15 is 0 Å². The zero-order chi connectivity index (χ0) is 42.8. The number of nitrogens with zero attached hydrogens (tertiary/aromatic N) is 3. The van der Waals surface area contributed by atoms with E-state index in [0.717, 1.165) is 4.90 Å². The van der Waals surface area contributed by atoms with Crippen LogP contribution in [0, 0.1) is 11.8 Å². The highest BCUT2D eigenvalue weighted by molar-refractivity contribution is 6.25. The predicted molar refractivity (Wildman–Crippen MR) is 206 cm³/mol. The first-order valence-corrected chi connectivity index (χ1v) is 18.2. The number of para-hydroxylation sites is 1. The molecule has 0 unspecified atom stereocenters. The number of nitrogens with one attached hydrogen (secondary N) is 1. The van der Waals surface area contributed by atoms with E-state index in [0.29, 0.717) is 22.2 Å². The number of rotatable bonds is 9. The summed E-state index contributed by atoms with van der Waals surface area (Å²) in [5.74, 6) is -9.87. The van der Waals surface area contributed by atoms with Gasteiger partial charge in [-0.3, -0.25) is 29.0 Å².